The average molecular weight is 419 g/mol. The highest BCUT2D eigenvalue weighted by atomic mass is 16.5. The molecule has 0 amide bonds. The summed E-state index contributed by atoms with van der Waals surface area (Å²) in [5, 5.41) is 7.66. The molecule has 2 aromatic carbocycles. The van der Waals surface area contributed by atoms with Crippen LogP contribution >= 0.6 is 0 Å². The van der Waals surface area contributed by atoms with Gasteiger partial charge in [-0.15, -0.1) is 0 Å². The molecule has 1 fully saturated rings. The van der Waals surface area contributed by atoms with E-state index in [0.717, 1.165) is 68.0 Å². The number of nitrogens with one attached hydrogen (secondary N) is 1. The van der Waals surface area contributed by atoms with Crippen LogP contribution in [0.1, 0.15) is 60.8 Å². The topological polar surface area (TPSA) is 56.5 Å². The fourth-order valence-corrected chi connectivity index (χ4v) is 4.67. The van der Waals surface area contributed by atoms with Gasteiger partial charge in [0.2, 0.25) is 0 Å². The monoisotopic (exact) mass is 418 g/mol. The molecule has 0 spiro atoms. The summed E-state index contributed by atoms with van der Waals surface area (Å²) in [7, 11) is 0. The van der Waals surface area contributed by atoms with Crippen LogP contribution in [0, 0.1) is 6.92 Å². The summed E-state index contributed by atoms with van der Waals surface area (Å²) in [5.74, 6) is 2.82. The minimum absolute atomic E-state index is 0.143. The quantitative estimate of drug-likeness (QED) is 0.570. The van der Waals surface area contributed by atoms with Crippen molar-refractivity contribution >= 4 is 0 Å². The van der Waals surface area contributed by atoms with E-state index in [1.165, 1.54) is 11.1 Å². The zero-order valence-electron chi connectivity index (χ0n) is 18.0. The van der Waals surface area contributed by atoms with Crippen LogP contribution in [-0.4, -0.2) is 17.3 Å². The van der Waals surface area contributed by atoms with Crippen molar-refractivity contribution in [1.29, 1.82) is 0 Å². The molecule has 31 heavy (non-hydrogen) atoms. The van der Waals surface area contributed by atoms with E-state index in [4.69, 9.17) is 14.0 Å². The van der Waals surface area contributed by atoms with Crippen molar-refractivity contribution in [3.05, 3.63) is 77.2 Å². The number of nitrogens with zero attached hydrogens (tertiary/aromatic N) is 1. The average Bonchev–Trinajstić information content (AvgIpc) is 3.24. The molecular formula is C26H30N2O3. The van der Waals surface area contributed by atoms with Gasteiger partial charge in [0.25, 0.3) is 0 Å². The minimum atomic E-state index is 0.143. The molecule has 0 bridgehead atoms. The largest absolute Gasteiger partial charge is 0.490 e. The molecule has 0 radical (unpaired) electrons. The van der Waals surface area contributed by atoms with E-state index in [0.29, 0.717) is 6.04 Å². The predicted molar refractivity (Wildman–Crippen MR) is 119 cm³/mol. The number of hydrogen-bond donors (Lipinski definition) is 1. The van der Waals surface area contributed by atoms with Gasteiger partial charge in [0.15, 0.2) is 0 Å². The van der Waals surface area contributed by atoms with Gasteiger partial charge in [-0.2, -0.15) is 0 Å². The van der Waals surface area contributed by atoms with Crippen molar-refractivity contribution in [3.63, 3.8) is 0 Å². The van der Waals surface area contributed by atoms with Gasteiger partial charge >= 0.3 is 0 Å². The Kier molecular flexibility index (Phi) is 5.94. The van der Waals surface area contributed by atoms with E-state index in [1.807, 2.05) is 19.1 Å². The molecule has 1 atom stereocenters. The number of hydrogen-bond acceptors (Lipinski definition) is 5. The molecular weight excluding hydrogens is 388 g/mol. The number of rotatable bonds is 6. The maximum atomic E-state index is 6.34. The Hall–Kier alpha value is -2.79. The second-order valence-electron chi connectivity index (χ2n) is 8.73. The second kappa shape index (κ2) is 9.15. The van der Waals surface area contributed by atoms with Crippen LogP contribution in [0.3, 0.4) is 0 Å². The van der Waals surface area contributed by atoms with Crippen LogP contribution in [-0.2, 0) is 13.0 Å². The smallest absolute Gasteiger partial charge is 0.133 e. The number of benzene rings is 2. The van der Waals surface area contributed by atoms with Gasteiger partial charge in [-0.1, -0.05) is 35.5 Å². The molecule has 3 aromatic rings. The van der Waals surface area contributed by atoms with Gasteiger partial charge in [0, 0.05) is 18.7 Å². The molecule has 1 N–H and O–H groups in total. The third-order valence-corrected chi connectivity index (χ3v) is 6.37. The Morgan fingerprint density at radius 3 is 2.61 bits per heavy atom. The Morgan fingerprint density at radius 2 is 1.84 bits per heavy atom. The molecule has 162 valence electrons. The predicted octanol–water partition coefficient (Wildman–Crippen LogP) is 5.53. The molecule has 5 nitrogen and oxygen atoms in total. The zero-order chi connectivity index (χ0) is 21.0. The molecule has 5 heteroatoms. The summed E-state index contributed by atoms with van der Waals surface area (Å²) in [6, 6.07) is 19.3. The summed E-state index contributed by atoms with van der Waals surface area (Å²) in [6.07, 6.45) is 6.82. The molecule has 1 aromatic heterocycles. The lowest BCUT2D eigenvalue weighted by atomic mass is 9.92. The maximum absolute atomic E-state index is 6.34. The van der Waals surface area contributed by atoms with Gasteiger partial charge < -0.3 is 19.3 Å². The molecule has 2 aliphatic rings. The summed E-state index contributed by atoms with van der Waals surface area (Å²) in [4.78, 5) is 0. The molecule has 2 heterocycles. The summed E-state index contributed by atoms with van der Waals surface area (Å²) in [5.41, 5.74) is 3.47. The first kappa shape index (κ1) is 20.1. The van der Waals surface area contributed by atoms with Crippen LogP contribution in [0.4, 0.5) is 0 Å². The minimum Gasteiger partial charge on any atom is -0.490 e. The second-order valence-corrected chi connectivity index (χ2v) is 8.73. The zero-order valence-corrected chi connectivity index (χ0v) is 18.0. The lowest BCUT2D eigenvalue weighted by Gasteiger charge is -2.30. The highest BCUT2D eigenvalue weighted by Gasteiger charge is 2.24. The normalized spacial score (nSPS) is 23.1. The molecule has 5 rings (SSSR count). The Morgan fingerprint density at radius 1 is 1.00 bits per heavy atom. The number of aromatic nitrogens is 1. The number of ether oxygens (including phenoxy) is 2. The molecule has 1 aliphatic heterocycles. The fourth-order valence-electron chi connectivity index (χ4n) is 4.67. The molecule has 0 saturated heterocycles. The summed E-state index contributed by atoms with van der Waals surface area (Å²) < 4.78 is 17.7. The first-order valence-electron chi connectivity index (χ1n) is 11.4. The number of aryl methyl sites for hydroxylation is 2. The van der Waals surface area contributed by atoms with E-state index in [1.54, 1.807) is 0 Å². The maximum Gasteiger partial charge on any atom is 0.133 e. The van der Waals surface area contributed by atoms with Gasteiger partial charge in [-0.05, 0) is 74.8 Å². The van der Waals surface area contributed by atoms with Crippen molar-refractivity contribution < 1.29 is 14.0 Å². The molecule has 1 aliphatic carbocycles. The van der Waals surface area contributed by atoms with E-state index >= 15 is 0 Å². The van der Waals surface area contributed by atoms with Crippen molar-refractivity contribution in [2.24, 2.45) is 0 Å². The van der Waals surface area contributed by atoms with E-state index in [-0.39, 0.29) is 12.2 Å². The fraction of sp³-hybridized carbons (Fsp3) is 0.423. The van der Waals surface area contributed by atoms with Crippen molar-refractivity contribution in [3.8, 4) is 11.5 Å². The first-order chi connectivity index (χ1) is 15.2. The SMILES string of the molecule is Cc1cc(CNC2CCC(Oc3ccc4c(c3)CCC(c3ccccc3)O4)CC2)no1. The van der Waals surface area contributed by atoms with Crippen molar-refractivity contribution in [2.75, 3.05) is 0 Å². The van der Waals surface area contributed by atoms with Crippen LogP contribution in [0.2, 0.25) is 0 Å². The van der Waals surface area contributed by atoms with Crippen molar-refractivity contribution in [1.82, 2.24) is 10.5 Å². The van der Waals surface area contributed by atoms with E-state index < -0.39 is 0 Å². The molecule has 1 unspecified atom stereocenters. The lowest BCUT2D eigenvalue weighted by molar-refractivity contribution is 0.138. The number of fused-ring (bicyclic) bond motifs is 1. The van der Waals surface area contributed by atoms with Crippen LogP contribution < -0.4 is 14.8 Å². The van der Waals surface area contributed by atoms with Gasteiger partial charge in [-0.3, -0.25) is 0 Å². The Bertz CT molecular complexity index is 993. The highest BCUT2D eigenvalue weighted by Crippen LogP contribution is 2.37. The van der Waals surface area contributed by atoms with Crippen LogP contribution in [0.15, 0.2) is 59.1 Å². The molecule has 1 saturated carbocycles. The summed E-state index contributed by atoms with van der Waals surface area (Å²) in [6.45, 7) is 2.69. The Labute approximate surface area is 183 Å². The first-order valence-corrected chi connectivity index (χ1v) is 11.4. The van der Waals surface area contributed by atoms with E-state index in [2.05, 4.69) is 52.9 Å². The van der Waals surface area contributed by atoms with Gasteiger partial charge in [-0.25, -0.2) is 0 Å². The summed E-state index contributed by atoms with van der Waals surface area (Å²) >= 11 is 0. The van der Waals surface area contributed by atoms with E-state index in [9.17, 15) is 0 Å². The van der Waals surface area contributed by atoms with Crippen LogP contribution in [0.25, 0.3) is 0 Å². The third kappa shape index (κ3) is 4.93. The van der Waals surface area contributed by atoms with Crippen LogP contribution in [0.5, 0.6) is 11.5 Å². The van der Waals surface area contributed by atoms with Gasteiger partial charge in [0.1, 0.15) is 23.4 Å². The lowest BCUT2D eigenvalue weighted by Crippen LogP contribution is -2.36. The van der Waals surface area contributed by atoms with Gasteiger partial charge in [0.05, 0.1) is 11.8 Å². The highest BCUT2D eigenvalue weighted by molar-refractivity contribution is 5.42. The standard InChI is InChI=1S/C26H30N2O3/c1-18-15-22(28-31-18)17-27-21-8-10-23(11-9-21)29-24-12-14-26-20(16-24)7-13-25(30-26)19-5-3-2-4-6-19/h2-6,12,14-16,21,23,25,27H,7-11,13,17H2,1H3. The Balaban J connectivity index is 1.12. The van der Waals surface area contributed by atoms with Crippen molar-refractivity contribution in [2.45, 2.75) is 70.2 Å². The third-order valence-electron chi connectivity index (χ3n) is 6.37.